The first kappa shape index (κ1) is 12.1. The van der Waals surface area contributed by atoms with Crippen molar-refractivity contribution in [3.05, 3.63) is 29.1 Å². The lowest BCUT2D eigenvalue weighted by molar-refractivity contribution is 0.0988. The van der Waals surface area contributed by atoms with Crippen LogP contribution in [0.5, 0.6) is 11.5 Å². The first-order chi connectivity index (χ1) is 7.67. The highest BCUT2D eigenvalue weighted by Crippen LogP contribution is 2.35. The second-order valence-electron chi connectivity index (χ2n) is 3.11. The Bertz CT molecular complexity index is 446. The molecule has 0 radical (unpaired) electrons. The van der Waals surface area contributed by atoms with Crippen LogP contribution in [-0.4, -0.2) is 20.0 Å². The van der Waals surface area contributed by atoms with Gasteiger partial charge in [-0.25, -0.2) is 4.85 Å². The van der Waals surface area contributed by atoms with Gasteiger partial charge in [-0.05, 0) is 12.1 Å². The third-order valence-corrected chi connectivity index (χ3v) is 2.24. The summed E-state index contributed by atoms with van der Waals surface area (Å²) in [6.07, 6.45) is 0.359. The number of methoxy groups -OCH3 is 2. The van der Waals surface area contributed by atoms with Crippen LogP contribution in [0.4, 0.5) is 5.69 Å². The summed E-state index contributed by atoms with van der Waals surface area (Å²) in [5, 5.41) is 0. The standard InChI is InChI=1S/C12H13NO3/c1-5-10(14)8-6-11(15-3)12(16-4)7-9(8)13-2/h6-7H,5H2,1,3-4H3. The van der Waals surface area contributed by atoms with Crippen LogP contribution >= 0.6 is 0 Å². The minimum absolute atomic E-state index is 0.0769. The van der Waals surface area contributed by atoms with Crippen molar-refractivity contribution in [2.24, 2.45) is 0 Å². The summed E-state index contributed by atoms with van der Waals surface area (Å²) in [5.74, 6) is 0.847. The third kappa shape index (κ3) is 2.14. The molecule has 0 atom stereocenters. The van der Waals surface area contributed by atoms with Crippen LogP contribution in [0.3, 0.4) is 0 Å². The molecule has 1 aromatic carbocycles. The molecule has 1 aromatic rings. The van der Waals surface area contributed by atoms with Crippen LogP contribution in [0.2, 0.25) is 0 Å². The number of carbonyl (C=O) groups excluding carboxylic acids is 1. The fourth-order valence-corrected chi connectivity index (χ4v) is 1.37. The molecule has 0 unspecified atom stereocenters. The summed E-state index contributed by atoms with van der Waals surface area (Å²) in [7, 11) is 2.99. The van der Waals surface area contributed by atoms with Gasteiger partial charge in [0.15, 0.2) is 11.5 Å². The first-order valence-corrected chi connectivity index (χ1v) is 4.84. The van der Waals surface area contributed by atoms with Crippen LogP contribution in [0.1, 0.15) is 23.7 Å². The molecule has 0 amide bonds. The number of carbonyl (C=O) groups is 1. The van der Waals surface area contributed by atoms with Crippen molar-refractivity contribution in [1.82, 2.24) is 0 Å². The minimum Gasteiger partial charge on any atom is -0.494 e. The zero-order chi connectivity index (χ0) is 12.1. The zero-order valence-electron chi connectivity index (χ0n) is 9.53. The fraction of sp³-hybridized carbons (Fsp3) is 0.333. The summed E-state index contributed by atoms with van der Waals surface area (Å²) >= 11 is 0. The number of Topliss-reactive ketones (excluding diaryl/α,β-unsaturated/α-hetero) is 1. The number of nitrogens with zero attached hydrogens (tertiary/aromatic N) is 1. The SMILES string of the molecule is [C-]#[N+]c1cc(OC)c(OC)cc1C(=O)CC. The number of ether oxygens (including phenoxy) is 2. The van der Waals surface area contributed by atoms with E-state index in [1.807, 2.05) is 0 Å². The second kappa shape index (κ2) is 5.17. The molecule has 0 saturated carbocycles. The van der Waals surface area contributed by atoms with Crippen LogP contribution in [-0.2, 0) is 0 Å². The van der Waals surface area contributed by atoms with Gasteiger partial charge in [0.05, 0.1) is 20.8 Å². The lowest BCUT2D eigenvalue weighted by Crippen LogP contribution is -1.99. The normalized spacial score (nSPS) is 9.38. The van der Waals surface area contributed by atoms with Gasteiger partial charge in [0.1, 0.15) is 5.75 Å². The summed E-state index contributed by atoms with van der Waals surface area (Å²) < 4.78 is 10.2. The summed E-state index contributed by atoms with van der Waals surface area (Å²) in [4.78, 5) is 14.9. The molecule has 0 saturated heterocycles. The van der Waals surface area contributed by atoms with Crippen molar-refractivity contribution in [2.75, 3.05) is 14.2 Å². The van der Waals surface area contributed by atoms with Gasteiger partial charge < -0.3 is 9.47 Å². The molecule has 0 bridgehead atoms. The Morgan fingerprint density at radius 1 is 1.31 bits per heavy atom. The Morgan fingerprint density at radius 3 is 2.31 bits per heavy atom. The molecule has 0 fully saturated rings. The van der Waals surface area contributed by atoms with E-state index in [0.29, 0.717) is 29.2 Å². The van der Waals surface area contributed by atoms with Crippen LogP contribution in [0.15, 0.2) is 12.1 Å². The summed E-state index contributed by atoms with van der Waals surface area (Å²) in [6.45, 7) is 8.79. The first-order valence-electron chi connectivity index (χ1n) is 4.84. The van der Waals surface area contributed by atoms with E-state index >= 15 is 0 Å². The van der Waals surface area contributed by atoms with E-state index in [0.717, 1.165) is 0 Å². The van der Waals surface area contributed by atoms with E-state index in [4.69, 9.17) is 16.0 Å². The summed E-state index contributed by atoms with van der Waals surface area (Å²) in [6, 6.07) is 3.08. The highest BCUT2D eigenvalue weighted by Gasteiger charge is 2.15. The average molecular weight is 219 g/mol. The lowest BCUT2D eigenvalue weighted by atomic mass is 10.1. The molecule has 0 aliphatic carbocycles. The van der Waals surface area contributed by atoms with Crippen molar-refractivity contribution in [1.29, 1.82) is 0 Å². The van der Waals surface area contributed by atoms with Gasteiger partial charge in [-0.3, -0.25) is 4.79 Å². The van der Waals surface area contributed by atoms with Crippen molar-refractivity contribution >= 4 is 11.5 Å². The second-order valence-corrected chi connectivity index (χ2v) is 3.11. The van der Waals surface area contributed by atoms with E-state index in [1.165, 1.54) is 20.3 Å². The Labute approximate surface area is 94.6 Å². The maximum Gasteiger partial charge on any atom is 0.201 e. The number of ketones is 1. The molecule has 0 N–H and O–H groups in total. The van der Waals surface area contributed by atoms with Crippen LogP contribution in [0, 0.1) is 6.57 Å². The number of rotatable bonds is 4. The minimum atomic E-state index is -0.0769. The maximum absolute atomic E-state index is 11.6. The zero-order valence-corrected chi connectivity index (χ0v) is 9.53. The van der Waals surface area contributed by atoms with Gasteiger partial charge in [0, 0.05) is 12.0 Å². The maximum atomic E-state index is 11.6. The van der Waals surface area contributed by atoms with Gasteiger partial charge >= 0.3 is 0 Å². The van der Waals surface area contributed by atoms with Crippen LogP contribution < -0.4 is 9.47 Å². The Balaban J connectivity index is 3.39. The van der Waals surface area contributed by atoms with E-state index in [1.54, 1.807) is 13.0 Å². The largest absolute Gasteiger partial charge is 0.494 e. The molecule has 0 spiro atoms. The number of benzene rings is 1. The summed E-state index contributed by atoms with van der Waals surface area (Å²) in [5.41, 5.74) is 0.680. The molecule has 84 valence electrons. The van der Waals surface area contributed by atoms with E-state index in [-0.39, 0.29) is 5.78 Å². The predicted molar refractivity (Wildman–Crippen MR) is 60.4 cm³/mol. The molecular weight excluding hydrogens is 206 g/mol. The van der Waals surface area contributed by atoms with Crippen LogP contribution in [0.25, 0.3) is 4.85 Å². The fourth-order valence-electron chi connectivity index (χ4n) is 1.37. The van der Waals surface area contributed by atoms with Crippen molar-refractivity contribution in [2.45, 2.75) is 13.3 Å². The molecule has 4 heteroatoms. The highest BCUT2D eigenvalue weighted by molar-refractivity contribution is 6.02. The molecular formula is C12H13NO3. The number of hydrogen-bond acceptors (Lipinski definition) is 3. The molecule has 0 aliphatic rings. The quantitative estimate of drug-likeness (QED) is 0.577. The highest BCUT2D eigenvalue weighted by atomic mass is 16.5. The molecule has 16 heavy (non-hydrogen) atoms. The monoisotopic (exact) mass is 219 g/mol. The van der Waals surface area contributed by atoms with Gasteiger partial charge in [-0.2, -0.15) is 0 Å². The number of hydrogen-bond donors (Lipinski definition) is 0. The van der Waals surface area contributed by atoms with Crippen molar-refractivity contribution in [3.63, 3.8) is 0 Å². The smallest absolute Gasteiger partial charge is 0.201 e. The predicted octanol–water partition coefficient (Wildman–Crippen LogP) is 2.85. The van der Waals surface area contributed by atoms with E-state index < -0.39 is 0 Å². The molecule has 4 nitrogen and oxygen atoms in total. The van der Waals surface area contributed by atoms with Crippen molar-refractivity contribution < 1.29 is 14.3 Å². The average Bonchev–Trinajstić information content (AvgIpc) is 2.35. The molecule has 0 aliphatic heterocycles. The van der Waals surface area contributed by atoms with Gasteiger partial charge in [0.2, 0.25) is 5.69 Å². The van der Waals surface area contributed by atoms with Gasteiger partial charge in [-0.15, -0.1) is 0 Å². The van der Waals surface area contributed by atoms with E-state index in [2.05, 4.69) is 4.85 Å². The van der Waals surface area contributed by atoms with Gasteiger partial charge in [0.25, 0.3) is 0 Å². The van der Waals surface area contributed by atoms with Gasteiger partial charge in [-0.1, -0.05) is 6.92 Å². The van der Waals surface area contributed by atoms with E-state index in [9.17, 15) is 4.79 Å². The third-order valence-electron chi connectivity index (χ3n) is 2.24. The lowest BCUT2D eigenvalue weighted by Gasteiger charge is -2.10. The Kier molecular flexibility index (Phi) is 3.90. The Morgan fingerprint density at radius 2 is 1.88 bits per heavy atom. The molecule has 0 heterocycles. The Hall–Kier alpha value is -2.02. The topological polar surface area (TPSA) is 39.9 Å². The molecule has 1 rings (SSSR count). The molecule has 0 aromatic heterocycles. The van der Waals surface area contributed by atoms with Crippen molar-refractivity contribution in [3.8, 4) is 11.5 Å².